The van der Waals surface area contributed by atoms with E-state index in [4.69, 9.17) is 0 Å². The Kier molecular flexibility index (Phi) is 2.04. The van der Waals surface area contributed by atoms with E-state index in [-0.39, 0.29) is 0 Å². The lowest BCUT2D eigenvalue weighted by Crippen LogP contribution is -2.13. The molecule has 1 aliphatic heterocycles. The number of anilines is 1. The summed E-state index contributed by atoms with van der Waals surface area (Å²) in [6.45, 7) is 0.550. The molecule has 0 N–H and O–H groups in total. The molecule has 0 saturated carbocycles. The smallest absolute Gasteiger partial charge is 0.164 e. The average Bonchev–Trinajstić information content (AvgIpc) is 2.54. The van der Waals surface area contributed by atoms with E-state index in [0.717, 1.165) is 5.69 Å². The van der Waals surface area contributed by atoms with Gasteiger partial charge in [-0.2, -0.15) is 0 Å². The number of hydrogen-bond acceptors (Lipinski definition) is 3. The van der Waals surface area contributed by atoms with Gasteiger partial charge in [-0.15, -0.1) is 0 Å². The van der Waals surface area contributed by atoms with Crippen molar-refractivity contribution in [3.63, 3.8) is 0 Å². The Bertz CT molecular complexity index is 286. The highest BCUT2D eigenvalue weighted by atomic mass is 32.2. The molecule has 0 bridgehead atoms. The molecule has 1 fully saturated rings. The van der Waals surface area contributed by atoms with E-state index >= 15 is 0 Å². The van der Waals surface area contributed by atoms with Gasteiger partial charge < -0.3 is 4.31 Å². The third kappa shape index (κ3) is 1.46. The van der Waals surface area contributed by atoms with Crippen molar-refractivity contribution in [2.75, 3.05) is 16.6 Å². The number of Topliss-reactive ketones (excluding diaryl/α,β-unsaturated/α-hetero) is 1. The number of carbonyl (C=O) groups is 1. The summed E-state index contributed by atoms with van der Waals surface area (Å²) in [4.78, 5) is 11.0. The zero-order chi connectivity index (χ0) is 8.39. The third-order valence-corrected chi connectivity index (χ3v) is 2.85. The van der Waals surface area contributed by atoms with Gasteiger partial charge in [0.2, 0.25) is 0 Å². The van der Waals surface area contributed by atoms with Crippen LogP contribution in [0.4, 0.5) is 5.69 Å². The van der Waals surface area contributed by atoms with Crippen molar-refractivity contribution < 1.29 is 4.79 Å². The van der Waals surface area contributed by atoms with Gasteiger partial charge in [0.15, 0.2) is 5.78 Å². The molecule has 0 spiro atoms. The van der Waals surface area contributed by atoms with Crippen LogP contribution >= 0.6 is 11.9 Å². The van der Waals surface area contributed by atoms with Crippen LogP contribution in [0, 0.1) is 0 Å². The first kappa shape index (κ1) is 7.68. The molecule has 0 atom stereocenters. The Morgan fingerprint density at radius 3 is 2.58 bits per heavy atom. The fourth-order valence-electron chi connectivity index (χ4n) is 1.16. The summed E-state index contributed by atoms with van der Waals surface area (Å²) in [5.41, 5.74) is 1.12. The second-order valence-corrected chi connectivity index (χ2v) is 3.67. The largest absolute Gasteiger partial charge is 0.308 e. The maximum absolute atomic E-state index is 11.0. The maximum atomic E-state index is 11.0. The van der Waals surface area contributed by atoms with Crippen molar-refractivity contribution in [2.45, 2.75) is 0 Å². The number of para-hydroxylation sites is 1. The molecule has 0 unspecified atom stereocenters. The summed E-state index contributed by atoms with van der Waals surface area (Å²) in [5, 5.41) is 0. The van der Waals surface area contributed by atoms with Gasteiger partial charge in [-0.25, -0.2) is 0 Å². The number of hydrogen-bond donors (Lipinski definition) is 0. The molecule has 1 aliphatic rings. The van der Waals surface area contributed by atoms with Crippen molar-refractivity contribution in [2.24, 2.45) is 0 Å². The SMILES string of the molecule is O=C1CSN(c2ccccc2)C1. The summed E-state index contributed by atoms with van der Waals surface area (Å²) in [6, 6.07) is 9.99. The fraction of sp³-hybridized carbons (Fsp3) is 0.222. The molecule has 2 nitrogen and oxygen atoms in total. The summed E-state index contributed by atoms with van der Waals surface area (Å²) >= 11 is 1.59. The molecular weight excluding hydrogens is 170 g/mol. The van der Waals surface area contributed by atoms with Crippen molar-refractivity contribution in [1.29, 1.82) is 0 Å². The predicted molar refractivity (Wildman–Crippen MR) is 51.3 cm³/mol. The summed E-state index contributed by atoms with van der Waals surface area (Å²) < 4.78 is 2.03. The van der Waals surface area contributed by atoms with Crippen LogP contribution in [-0.2, 0) is 4.79 Å². The second kappa shape index (κ2) is 3.19. The number of carbonyl (C=O) groups excluding carboxylic acids is 1. The van der Waals surface area contributed by atoms with E-state index in [0.29, 0.717) is 18.1 Å². The van der Waals surface area contributed by atoms with Crippen LogP contribution in [0.5, 0.6) is 0 Å². The molecule has 3 heteroatoms. The molecule has 0 radical (unpaired) electrons. The summed E-state index contributed by atoms with van der Waals surface area (Å²) in [5.74, 6) is 0.929. The van der Waals surface area contributed by atoms with Crippen molar-refractivity contribution in [1.82, 2.24) is 0 Å². The minimum Gasteiger partial charge on any atom is -0.308 e. The molecule has 1 aromatic rings. The zero-order valence-corrected chi connectivity index (χ0v) is 7.38. The molecule has 62 valence electrons. The average molecular weight is 179 g/mol. The Morgan fingerprint density at radius 1 is 1.25 bits per heavy atom. The Balaban J connectivity index is 2.16. The molecule has 1 heterocycles. The first-order valence-electron chi connectivity index (χ1n) is 3.83. The van der Waals surface area contributed by atoms with E-state index in [1.54, 1.807) is 11.9 Å². The molecule has 2 rings (SSSR count). The number of rotatable bonds is 1. The van der Waals surface area contributed by atoms with Crippen molar-refractivity contribution in [3.05, 3.63) is 30.3 Å². The third-order valence-electron chi connectivity index (χ3n) is 1.75. The second-order valence-electron chi connectivity index (χ2n) is 2.68. The zero-order valence-electron chi connectivity index (χ0n) is 6.56. The molecule has 0 amide bonds. The van der Waals surface area contributed by atoms with E-state index in [1.165, 1.54) is 0 Å². The van der Waals surface area contributed by atoms with E-state index < -0.39 is 0 Å². The van der Waals surface area contributed by atoms with Crippen LogP contribution < -0.4 is 4.31 Å². The quantitative estimate of drug-likeness (QED) is 0.612. The monoisotopic (exact) mass is 179 g/mol. The van der Waals surface area contributed by atoms with Crippen LogP contribution in [0.25, 0.3) is 0 Å². The number of benzene rings is 1. The minimum atomic E-state index is 0.309. The highest BCUT2D eigenvalue weighted by molar-refractivity contribution is 8.01. The van der Waals surface area contributed by atoms with Crippen LogP contribution in [0.1, 0.15) is 0 Å². The van der Waals surface area contributed by atoms with Crippen LogP contribution in [-0.4, -0.2) is 18.1 Å². The molecule has 0 aliphatic carbocycles. The number of ketones is 1. The molecule has 1 saturated heterocycles. The molecule has 0 aromatic heterocycles. The Morgan fingerprint density at radius 2 is 2.00 bits per heavy atom. The lowest BCUT2D eigenvalue weighted by molar-refractivity contribution is -0.114. The highest BCUT2D eigenvalue weighted by Gasteiger charge is 2.19. The topological polar surface area (TPSA) is 20.3 Å². The van der Waals surface area contributed by atoms with E-state index in [1.807, 2.05) is 34.6 Å². The highest BCUT2D eigenvalue weighted by Crippen LogP contribution is 2.25. The standard InChI is InChI=1S/C9H9NOS/c11-9-6-10(12-7-9)8-4-2-1-3-5-8/h1-5H,6-7H2. The Labute approximate surface area is 75.7 Å². The van der Waals surface area contributed by atoms with Gasteiger partial charge in [0.1, 0.15) is 0 Å². The van der Waals surface area contributed by atoms with Gasteiger partial charge in [0, 0.05) is 5.69 Å². The summed E-state index contributed by atoms with van der Waals surface area (Å²) in [7, 11) is 0. The van der Waals surface area contributed by atoms with Gasteiger partial charge in [0.05, 0.1) is 12.3 Å². The summed E-state index contributed by atoms with van der Waals surface area (Å²) in [6.07, 6.45) is 0. The van der Waals surface area contributed by atoms with Crippen LogP contribution in [0.2, 0.25) is 0 Å². The van der Waals surface area contributed by atoms with Crippen molar-refractivity contribution in [3.8, 4) is 0 Å². The van der Waals surface area contributed by atoms with Gasteiger partial charge in [0.25, 0.3) is 0 Å². The van der Waals surface area contributed by atoms with E-state index in [9.17, 15) is 4.79 Å². The maximum Gasteiger partial charge on any atom is 0.164 e. The lowest BCUT2D eigenvalue weighted by atomic mass is 10.3. The molecular formula is C9H9NOS. The van der Waals surface area contributed by atoms with Gasteiger partial charge in [-0.05, 0) is 24.1 Å². The van der Waals surface area contributed by atoms with Crippen molar-refractivity contribution >= 4 is 23.4 Å². The van der Waals surface area contributed by atoms with Crippen LogP contribution in [0.3, 0.4) is 0 Å². The first-order valence-corrected chi connectivity index (χ1v) is 4.78. The molecule has 1 aromatic carbocycles. The minimum absolute atomic E-state index is 0.309. The predicted octanol–water partition coefficient (Wildman–Crippen LogP) is 1.72. The molecule has 12 heavy (non-hydrogen) atoms. The van der Waals surface area contributed by atoms with Crippen LogP contribution in [0.15, 0.2) is 30.3 Å². The number of nitrogens with zero attached hydrogens (tertiary/aromatic N) is 1. The first-order chi connectivity index (χ1) is 5.86. The normalized spacial score (nSPS) is 17.0. The van der Waals surface area contributed by atoms with Gasteiger partial charge in [-0.3, -0.25) is 4.79 Å². The van der Waals surface area contributed by atoms with Gasteiger partial charge >= 0.3 is 0 Å². The lowest BCUT2D eigenvalue weighted by Gasteiger charge is -2.13. The Hall–Kier alpha value is -0.960. The van der Waals surface area contributed by atoms with E-state index in [2.05, 4.69) is 0 Å². The van der Waals surface area contributed by atoms with Gasteiger partial charge in [-0.1, -0.05) is 18.2 Å². The fourth-order valence-corrected chi connectivity index (χ4v) is 2.06.